The Morgan fingerprint density at radius 1 is 1.33 bits per heavy atom. The topological polar surface area (TPSA) is 102 Å². The van der Waals surface area contributed by atoms with Gasteiger partial charge in [-0.05, 0) is 44.9 Å². The van der Waals surface area contributed by atoms with Gasteiger partial charge in [0.15, 0.2) is 0 Å². The average Bonchev–Trinajstić information content (AvgIpc) is 2.80. The minimum atomic E-state index is -0.983. The van der Waals surface area contributed by atoms with Crippen molar-refractivity contribution in [1.29, 1.82) is 0 Å². The molecule has 0 spiro atoms. The first-order valence-corrected chi connectivity index (χ1v) is 6.52. The summed E-state index contributed by atoms with van der Waals surface area (Å²) in [4.78, 5) is 21.8. The minimum absolute atomic E-state index is 0.0745. The molecule has 1 aliphatic carbocycles. The number of rotatable bonds is 7. The first-order chi connectivity index (χ1) is 8.59. The largest absolute Gasteiger partial charge is 0.480 e. The Bertz CT molecular complexity index is 277. The van der Waals surface area contributed by atoms with Crippen LogP contribution in [0.15, 0.2) is 0 Å². The predicted molar refractivity (Wildman–Crippen MR) is 66.2 cm³/mol. The third-order valence-corrected chi connectivity index (χ3v) is 3.10. The number of hydrogen-bond donors (Lipinski definition) is 3. The second kappa shape index (κ2) is 7.92. The molecule has 1 atom stereocenters. The molecule has 0 heterocycles. The number of carbonyl (C=O) groups excluding carboxylic acids is 1. The summed E-state index contributed by atoms with van der Waals surface area (Å²) in [6, 6.07) is -0.810. The molecule has 6 nitrogen and oxygen atoms in total. The van der Waals surface area contributed by atoms with E-state index in [1.165, 1.54) is 0 Å². The monoisotopic (exact) mass is 258 g/mol. The SMILES string of the molecule is N[C@H](CCCCNC(=O)OC1CCCC1)C(=O)O. The van der Waals surface area contributed by atoms with Gasteiger partial charge in [-0.3, -0.25) is 4.79 Å². The lowest BCUT2D eigenvalue weighted by Gasteiger charge is -2.12. The zero-order valence-corrected chi connectivity index (χ0v) is 10.6. The number of carbonyl (C=O) groups is 2. The van der Waals surface area contributed by atoms with Crippen LogP contribution >= 0.6 is 0 Å². The number of carboxylic acids is 1. The lowest BCUT2D eigenvalue weighted by atomic mass is 10.1. The number of nitrogens with two attached hydrogens (primary N) is 1. The highest BCUT2D eigenvalue weighted by Crippen LogP contribution is 2.20. The van der Waals surface area contributed by atoms with Gasteiger partial charge >= 0.3 is 12.1 Å². The van der Waals surface area contributed by atoms with Crippen molar-refractivity contribution in [2.75, 3.05) is 6.54 Å². The second-order valence-electron chi connectivity index (χ2n) is 4.68. The van der Waals surface area contributed by atoms with Gasteiger partial charge in [0, 0.05) is 6.54 Å². The normalized spacial score (nSPS) is 17.4. The molecule has 0 bridgehead atoms. The van der Waals surface area contributed by atoms with Crippen LogP contribution in [0.3, 0.4) is 0 Å². The van der Waals surface area contributed by atoms with Gasteiger partial charge in [0.1, 0.15) is 12.1 Å². The quantitative estimate of drug-likeness (QED) is 0.596. The van der Waals surface area contributed by atoms with E-state index in [2.05, 4.69) is 5.32 Å². The lowest BCUT2D eigenvalue weighted by Crippen LogP contribution is -2.31. The summed E-state index contributed by atoms with van der Waals surface area (Å²) in [5.41, 5.74) is 5.36. The highest BCUT2D eigenvalue weighted by atomic mass is 16.6. The molecule has 1 fully saturated rings. The van der Waals surface area contributed by atoms with Gasteiger partial charge in [-0.1, -0.05) is 0 Å². The molecule has 1 amide bonds. The van der Waals surface area contributed by atoms with Crippen LogP contribution in [0.2, 0.25) is 0 Å². The molecular formula is C12H22N2O4. The van der Waals surface area contributed by atoms with Gasteiger partial charge in [0.2, 0.25) is 0 Å². The van der Waals surface area contributed by atoms with Crippen LogP contribution in [0.1, 0.15) is 44.9 Å². The van der Waals surface area contributed by atoms with Gasteiger partial charge < -0.3 is 20.9 Å². The first-order valence-electron chi connectivity index (χ1n) is 6.52. The van der Waals surface area contributed by atoms with E-state index in [4.69, 9.17) is 15.6 Å². The molecule has 1 saturated carbocycles. The Balaban J connectivity index is 1.96. The third kappa shape index (κ3) is 5.86. The molecule has 1 rings (SSSR count). The van der Waals surface area contributed by atoms with Gasteiger partial charge in [-0.2, -0.15) is 0 Å². The molecule has 0 radical (unpaired) electrons. The third-order valence-electron chi connectivity index (χ3n) is 3.10. The van der Waals surface area contributed by atoms with Crippen molar-refractivity contribution in [3.8, 4) is 0 Å². The molecule has 0 aromatic carbocycles. The molecule has 6 heteroatoms. The highest BCUT2D eigenvalue weighted by molar-refractivity contribution is 5.72. The van der Waals surface area contributed by atoms with Crippen molar-refractivity contribution in [2.45, 2.75) is 57.1 Å². The van der Waals surface area contributed by atoms with Crippen LogP contribution in [0.5, 0.6) is 0 Å². The zero-order valence-electron chi connectivity index (χ0n) is 10.6. The Morgan fingerprint density at radius 3 is 2.61 bits per heavy atom. The van der Waals surface area contributed by atoms with E-state index >= 15 is 0 Å². The van der Waals surface area contributed by atoms with Crippen LogP contribution in [0, 0.1) is 0 Å². The smallest absolute Gasteiger partial charge is 0.407 e. The number of carboxylic acid groups (broad SMARTS) is 1. The first kappa shape index (κ1) is 14.8. The van der Waals surface area contributed by atoms with Crippen molar-refractivity contribution < 1.29 is 19.4 Å². The molecule has 1 aliphatic rings. The van der Waals surface area contributed by atoms with E-state index in [0.717, 1.165) is 25.7 Å². The maximum Gasteiger partial charge on any atom is 0.407 e. The number of unbranched alkanes of at least 4 members (excludes halogenated alkanes) is 1. The fourth-order valence-electron chi connectivity index (χ4n) is 2.00. The fraction of sp³-hybridized carbons (Fsp3) is 0.833. The van der Waals surface area contributed by atoms with Crippen molar-refractivity contribution in [1.82, 2.24) is 5.32 Å². The van der Waals surface area contributed by atoms with E-state index in [1.54, 1.807) is 0 Å². The molecule has 0 aromatic rings. The number of nitrogens with one attached hydrogen (secondary N) is 1. The van der Waals surface area contributed by atoms with Gasteiger partial charge in [0.25, 0.3) is 0 Å². The molecule has 0 aliphatic heterocycles. The van der Waals surface area contributed by atoms with E-state index < -0.39 is 12.0 Å². The molecular weight excluding hydrogens is 236 g/mol. The van der Waals surface area contributed by atoms with E-state index in [0.29, 0.717) is 25.8 Å². The van der Waals surface area contributed by atoms with Gasteiger partial charge in [0.05, 0.1) is 0 Å². The summed E-state index contributed by atoms with van der Waals surface area (Å²) < 4.78 is 5.21. The molecule has 0 saturated heterocycles. The summed E-state index contributed by atoms with van der Waals surface area (Å²) in [6.45, 7) is 0.498. The molecule has 104 valence electrons. The summed E-state index contributed by atoms with van der Waals surface area (Å²) >= 11 is 0. The summed E-state index contributed by atoms with van der Waals surface area (Å²) in [5, 5.41) is 11.2. The van der Waals surface area contributed by atoms with Crippen molar-refractivity contribution in [2.24, 2.45) is 5.73 Å². The molecule has 0 aromatic heterocycles. The average molecular weight is 258 g/mol. The van der Waals surface area contributed by atoms with E-state index in [-0.39, 0.29) is 12.2 Å². The molecule has 0 unspecified atom stereocenters. The lowest BCUT2D eigenvalue weighted by molar-refractivity contribution is -0.138. The Labute approximate surface area is 107 Å². The van der Waals surface area contributed by atoms with Crippen LogP contribution in [-0.4, -0.2) is 35.9 Å². The number of ether oxygens (including phenoxy) is 1. The van der Waals surface area contributed by atoms with Crippen LogP contribution in [-0.2, 0) is 9.53 Å². The highest BCUT2D eigenvalue weighted by Gasteiger charge is 2.18. The van der Waals surface area contributed by atoms with Crippen molar-refractivity contribution in [3.63, 3.8) is 0 Å². The van der Waals surface area contributed by atoms with Gasteiger partial charge in [-0.25, -0.2) is 4.79 Å². The van der Waals surface area contributed by atoms with Gasteiger partial charge in [-0.15, -0.1) is 0 Å². The fourth-order valence-corrected chi connectivity index (χ4v) is 2.00. The van der Waals surface area contributed by atoms with Crippen molar-refractivity contribution >= 4 is 12.1 Å². The van der Waals surface area contributed by atoms with E-state index in [9.17, 15) is 9.59 Å². The zero-order chi connectivity index (χ0) is 13.4. The Kier molecular flexibility index (Phi) is 6.49. The van der Waals surface area contributed by atoms with Crippen LogP contribution in [0.4, 0.5) is 4.79 Å². The van der Waals surface area contributed by atoms with E-state index in [1.807, 2.05) is 0 Å². The maximum absolute atomic E-state index is 11.4. The minimum Gasteiger partial charge on any atom is -0.480 e. The number of hydrogen-bond acceptors (Lipinski definition) is 4. The summed E-state index contributed by atoms with van der Waals surface area (Å²) in [6.07, 6.45) is 5.69. The van der Waals surface area contributed by atoms with Crippen LogP contribution < -0.4 is 11.1 Å². The standard InChI is InChI=1S/C12H22N2O4/c13-10(11(15)16)7-3-4-8-14-12(17)18-9-5-1-2-6-9/h9-10H,1-8,13H2,(H,14,17)(H,15,16)/t10-/m1/s1. The van der Waals surface area contributed by atoms with Crippen LogP contribution in [0.25, 0.3) is 0 Å². The number of amides is 1. The number of aliphatic carboxylic acids is 1. The second-order valence-corrected chi connectivity index (χ2v) is 4.68. The summed E-state index contributed by atoms with van der Waals surface area (Å²) in [7, 11) is 0. The summed E-state index contributed by atoms with van der Waals surface area (Å²) in [5.74, 6) is -0.983. The number of alkyl carbamates (subject to hydrolysis) is 1. The van der Waals surface area contributed by atoms with Crippen molar-refractivity contribution in [3.05, 3.63) is 0 Å². The maximum atomic E-state index is 11.4. The molecule has 4 N–H and O–H groups in total. The Hall–Kier alpha value is -1.30. The predicted octanol–water partition coefficient (Wildman–Crippen LogP) is 1.24. The molecule has 18 heavy (non-hydrogen) atoms. The Morgan fingerprint density at radius 2 is 2.00 bits per heavy atom.